The van der Waals surface area contributed by atoms with Crippen LogP contribution in [0.25, 0.3) is 26.1 Å². The molecule has 0 bridgehead atoms. The molecule has 2 aliphatic carbocycles. The summed E-state index contributed by atoms with van der Waals surface area (Å²) < 4.78 is 13.2. The molecule has 0 radical (unpaired) electrons. The van der Waals surface area contributed by atoms with Crippen molar-refractivity contribution in [1.29, 1.82) is 0 Å². The maximum atomic E-state index is 11.0. The lowest BCUT2D eigenvalue weighted by molar-refractivity contribution is -0.136. The summed E-state index contributed by atoms with van der Waals surface area (Å²) in [5, 5.41) is 14.6. The molecule has 4 aromatic rings. The van der Waals surface area contributed by atoms with Crippen LogP contribution in [0.2, 0.25) is 0 Å². The van der Waals surface area contributed by atoms with Crippen LogP contribution in [-0.2, 0) is 17.8 Å². The summed E-state index contributed by atoms with van der Waals surface area (Å²) in [7, 11) is 1.72. The molecule has 1 N–H and O–H groups in total. The lowest BCUT2D eigenvalue weighted by Gasteiger charge is -2.25. The van der Waals surface area contributed by atoms with Gasteiger partial charge < -0.3 is 14.6 Å². The molecule has 6 rings (SSSR count). The van der Waals surface area contributed by atoms with E-state index < -0.39 is 5.97 Å². The highest BCUT2D eigenvalue weighted by atomic mass is 32.1. The molecule has 0 unspecified atom stereocenters. The number of thiophene rings is 2. The van der Waals surface area contributed by atoms with Gasteiger partial charge in [0, 0.05) is 38.1 Å². The number of fused-ring (bicyclic) bond motifs is 1. The number of hydrogen-bond donors (Lipinski definition) is 1. The van der Waals surface area contributed by atoms with Crippen LogP contribution in [0.4, 0.5) is 0 Å². The van der Waals surface area contributed by atoms with Crippen LogP contribution >= 0.6 is 22.7 Å². The van der Waals surface area contributed by atoms with E-state index in [0.29, 0.717) is 13.0 Å². The largest absolute Gasteiger partial charge is 0.497 e. The van der Waals surface area contributed by atoms with Crippen molar-refractivity contribution in [3.8, 4) is 21.9 Å². The normalized spacial score (nSPS) is 15.4. The molecule has 204 valence electrons. The highest BCUT2D eigenvalue weighted by molar-refractivity contribution is 7.17. The van der Waals surface area contributed by atoms with E-state index in [2.05, 4.69) is 48.9 Å². The fourth-order valence-corrected chi connectivity index (χ4v) is 6.92. The van der Waals surface area contributed by atoms with Crippen LogP contribution in [-0.4, -0.2) is 18.2 Å². The van der Waals surface area contributed by atoms with Gasteiger partial charge in [0.25, 0.3) is 0 Å². The number of hydrogen-bond acceptors (Lipinski definition) is 5. The highest BCUT2D eigenvalue weighted by Gasteiger charge is 2.32. The summed E-state index contributed by atoms with van der Waals surface area (Å²) in [5.41, 5.74) is 6.11. The van der Waals surface area contributed by atoms with Crippen molar-refractivity contribution < 1.29 is 19.4 Å². The average molecular weight is 561 g/mol. The fourth-order valence-electron chi connectivity index (χ4n) is 4.98. The SMILES string of the molecule is C1CC1.COc1cc(-c2scc(COc3cccc(CCC(=O)O)c3)c2C2=CCCC2(C)C)c2ccsc2c1. The second-order valence-electron chi connectivity index (χ2n) is 10.9. The third-order valence-electron chi connectivity index (χ3n) is 7.28. The van der Waals surface area contributed by atoms with Crippen LogP contribution in [0.15, 0.2) is 59.3 Å². The molecule has 6 heteroatoms. The van der Waals surface area contributed by atoms with Gasteiger partial charge >= 0.3 is 5.97 Å². The predicted octanol–water partition coefficient (Wildman–Crippen LogP) is 9.61. The van der Waals surface area contributed by atoms with Crippen LogP contribution < -0.4 is 9.47 Å². The minimum Gasteiger partial charge on any atom is -0.497 e. The van der Waals surface area contributed by atoms with Gasteiger partial charge in [0.15, 0.2) is 0 Å². The zero-order valence-electron chi connectivity index (χ0n) is 22.9. The molecule has 0 amide bonds. The molecule has 39 heavy (non-hydrogen) atoms. The first-order valence-corrected chi connectivity index (χ1v) is 15.4. The molecule has 2 aromatic carbocycles. The summed E-state index contributed by atoms with van der Waals surface area (Å²) >= 11 is 3.50. The number of carboxylic acids is 1. The predicted molar refractivity (Wildman–Crippen MR) is 163 cm³/mol. The minimum absolute atomic E-state index is 0.0912. The van der Waals surface area contributed by atoms with Gasteiger partial charge in [-0.2, -0.15) is 0 Å². The zero-order chi connectivity index (χ0) is 27.4. The summed E-state index contributed by atoms with van der Waals surface area (Å²) in [6, 6.07) is 14.2. The number of aliphatic carboxylic acids is 1. The Hall–Kier alpha value is -3.09. The Kier molecular flexibility index (Phi) is 8.43. The number of carboxylic acid groups (broad SMARTS) is 1. The Balaban J connectivity index is 0.000000962. The maximum absolute atomic E-state index is 11.0. The van der Waals surface area contributed by atoms with Gasteiger partial charge in [-0.1, -0.05) is 51.3 Å². The van der Waals surface area contributed by atoms with Gasteiger partial charge in [-0.3, -0.25) is 4.79 Å². The topological polar surface area (TPSA) is 55.8 Å². The Morgan fingerprint density at radius 3 is 2.56 bits per heavy atom. The monoisotopic (exact) mass is 560 g/mol. The van der Waals surface area contributed by atoms with E-state index in [1.165, 1.54) is 56.5 Å². The van der Waals surface area contributed by atoms with Crippen molar-refractivity contribution >= 4 is 44.3 Å². The molecule has 0 saturated heterocycles. The molecule has 1 saturated carbocycles. The van der Waals surface area contributed by atoms with E-state index in [1.807, 2.05) is 24.3 Å². The van der Waals surface area contributed by atoms with Crippen LogP contribution in [0, 0.1) is 5.41 Å². The van der Waals surface area contributed by atoms with E-state index in [9.17, 15) is 4.79 Å². The lowest BCUT2D eigenvalue weighted by Crippen LogP contribution is -2.11. The Morgan fingerprint density at radius 1 is 1.05 bits per heavy atom. The summed E-state index contributed by atoms with van der Waals surface area (Å²) in [4.78, 5) is 12.2. The Morgan fingerprint density at radius 2 is 1.87 bits per heavy atom. The van der Waals surface area contributed by atoms with Crippen molar-refractivity contribution in [1.82, 2.24) is 0 Å². The number of aryl methyl sites for hydroxylation is 1. The number of methoxy groups -OCH3 is 1. The molecular formula is C33H36O4S2. The second kappa shape index (κ2) is 12.0. The first-order valence-electron chi connectivity index (χ1n) is 13.7. The van der Waals surface area contributed by atoms with Crippen molar-refractivity contribution in [2.45, 2.75) is 65.4 Å². The molecule has 0 aliphatic heterocycles. The number of carbonyl (C=O) groups is 1. The quantitative estimate of drug-likeness (QED) is 0.221. The van der Waals surface area contributed by atoms with Crippen LogP contribution in [0.1, 0.15) is 69.1 Å². The first kappa shape index (κ1) is 27.5. The number of ether oxygens (including phenoxy) is 2. The molecular weight excluding hydrogens is 524 g/mol. The van der Waals surface area contributed by atoms with E-state index in [-0.39, 0.29) is 11.8 Å². The molecule has 0 atom stereocenters. The van der Waals surface area contributed by atoms with E-state index in [0.717, 1.165) is 29.9 Å². The van der Waals surface area contributed by atoms with Crippen molar-refractivity contribution in [3.05, 3.63) is 76.0 Å². The first-order chi connectivity index (χ1) is 18.9. The van der Waals surface area contributed by atoms with Crippen molar-refractivity contribution in [2.24, 2.45) is 5.41 Å². The van der Waals surface area contributed by atoms with Crippen LogP contribution in [0.3, 0.4) is 0 Å². The van der Waals surface area contributed by atoms with Gasteiger partial charge in [0.1, 0.15) is 18.1 Å². The molecule has 2 heterocycles. The molecule has 4 nitrogen and oxygen atoms in total. The third kappa shape index (κ3) is 6.56. The number of rotatable bonds is 9. The molecule has 0 spiro atoms. The van der Waals surface area contributed by atoms with Crippen molar-refractivity contribution in [3.63, 3.8) is 0 Å². The number of benzene rings is 2. The summed E-state index contributed by atoms with van der Waals surface area (Å²) in [6.07, 6.45) is 9.72. The fraction of sp³-hybridized carbons (Fsp3) is 0.364. The van der Waals surface area contributed by atoms with Crippen molar-refractivity contribution in [2.75, 3.05) is 7.11 Å². The van der Waals surface area contributed by atoms with Gasteiger partial charge in [-0.05, 0) is 76.9 Å². The lowest BCUT2D eigenvalue weighted by atomic mass is 9.80. The maximum Gasteiger partial charge on any atom is 0.303 e. The summed E-state index contributed by atoms with van der Waals surface area (Å²) in [6.45, 7) is 5.11. The van der Waals surface area contributed by atoms with E-state index in [4.69, 9.17) is 14.6 Å². The minimum atomic E-state index is -0.790. The zero-order valence-corrected chi connectivity index (χ0v) is 24.6. The van der Waals surface area contributed by atoms with Gasteiger partial charge in [-0.25, -0.2) is 0 Å². The highest BCUT2D eigenvalue weighted by Crippen LogP contribution is 2.51. The Labute approximate surface area is 238 Å². The number of allylic oxidation sites excluding steroid dienone is 2. The molecule has 2 aliphatic rings. The average Bonchev–Trinajstić information content (AvgIpc) is 3.52. The Bertz CT molecular complexity index is 1490. The van der Waals surface area contributed by atoms with E-state index >= 15 is 0 Å². The third-order valence-corrected chi connectivity index (χ3v) is 9.21. The summed E-state index contributed by atoms with van der Waals surface area (Å²) in [5.74, 6) is 0.842. The molecule has 1 fully saturated rings. The molecule has 2 aromatic heterocycles. The standard InChI is InChI=1S/C30H30O4S2.C3H6/c1-30(2)12-5-8-25(30)28-20(17-34-21-7-4-6-19(14-21)9-10-27(31)32)18-36-29(28)24-15-22(33-3)16-26-23(24)11-13-35-26;1-2-3-1/h4,6-8,11,13-16,18H,5,9-10,12,17H2,1-3H3,(H,31,32);1-3H2. The van der Waals surface area contributed by atoms with E-state index in [1.54, 1.807) is 29.8 Å². The smallest absolute Gasteiger partial charge is 0.303 e. The van der Waals surface area contributed by atoms with Gasteiger partial charge in [-0.15, -0.1) is 22.7 Å². The second-order valence-corrected chi connectivity index (χ2v) is 12.7. The van der Waals surface area contributed by atoms with Crippen LogP contribution in [0.5, 0.6) is 11.5 Å². The van der Waals surface area contributed by atoms with Gasteiger partial charge in [0.05, 0.1) is 7.11 Å². The van der Waals surface area contributed by atoms with Gasteiger partial charge in [0.2, 0.25) is 0 Å².